The average Bonchev–Trinajstić information content (AvgIpc) is 3.47. The van der Waals surface area contributed by atoms with Crippen molar-refractivity contribution in [1.29, 1.82) is 0 Å². The van der Waals surface area contributed by atoms with Crippen molar-refractivity contribution in [2.75, 3.05) is 46.3 Å². The Bertz CT molecular complexity index is 710. The van der Waals surface area contributed by atoms with Crippen molar-refractivity contribution in [2.45, 2.75) is 58.4 Å². The maximum Gasteiger partial charge on any atom is 0.223 e. The van der Waals surface area contributed by atoms with Gasteiger partial charge in [0.25, 0.3) is 0 Å². The number of carbonyl (C=O) groups is 1. The number of likely N-dealkylation sites (tertiary alicyclic amines) is 2. The maximum atomic E-state index is 12.5. The number of hydrogen-bond donors (Lipinski definition) is 2. The van der Waals surface area contributed by atoms with Gasteiger partial charge in [0.2, 0.25) is 5.91 Å². The SMILES string of the molecule is CCC(CC)C(CNC(=NC)NCC1CC(=O)N(CCc2ccccc2)C1)N1CCCC1. The molecule has 2 N–H and O–H groups in total. The topological polar surface area (TPSA) is 60.0 Å². The van der Waals surface area contributed by atoms with E-state index < -0.39 is 0 Å². The highest BCUT2D eigenvalue weighted by Gasteiger charge is 2.30. The van der Waals surface area contributed by atoms with Crippen LogP contribution in [0.15, 0.2) is 35.3 Å². The van der Waals surface area contributed by atoms with Crippen LogP contribution in [-0.2, 0) is 11.2 Å². The van der Waals surface area contributed by atoms with E-state index >= 15 is 0 Å². The molecule has 2 atom stereocenters. The Morgan fingerprint density at radius 1 is 1.12 bits per heavy atom. The average molecular weight is 442 g/mol. The number of nitrogens with zero attached hydrogens (tertiary/aromatic N) is 3. The van der Waals surface area contributed by atoms with Gasteiger partial charge in [0.05, 0.1) is 0 Å². The van der Waals surface area contributed by atoms with Crippen molar-refractivity contribution in [3.05, 3.63) is 35.9 Å². The lowest BCUT2D eigenvalue weighted by atomic mass is 9.93. The molecule has 3 rings (SSSR count). The number of aliphatic imine (C=N–C) groups is 1. The maximum absolute atomic E-state index is 12.5. The minimum absolute atomic E-state index is 0.276. The van der Waals surface area contributed by atoms with Gasteiger partial charge in [0.15, 0.2) is 5.96 Å². The van der Waals surface area contributed by atoms with Crippen molar-refractivity contribution >= 4 is 11.9 Å². The van der Waals surface area contributed by atoms with Crippen molar-refractivity contribution < 1.29 is 4.79 Å². The summed E-state index contributed by atoms with van der Waals surface area (Å²) in [5, 5.41) is 7.08. The molecule has 2 unspecified atom stereocenters. The van der Waals surface area contributed by atoms with Gasteiger partial charge >= 0.3 is 0 Å². The number of nitrogens with one attached hydrogen (secondary N) is 2. The van der Waals surface area contributed by atoms with Crippen LogP contribution in [0, 0.1) is 11.8 Å². The highest BCUT2D eigenvalue weighted by molar-refractivity contribution is 5.80. The van der Waals surface area contributed by atoms with E-state index in [1.807, 2.05) is 18.0 Å². The quantitative estimate of drug-likeness (QED) is 0.409. The summed E-state index contributed by atoms with van der Waals surface area (Å²) in [4.78, 5) is 21.6. The molecule has 6 heteroatoms. The van der Waals surface area contributed by atoms with Gasteiger partial charge < -0.3 is 15.5 Å². The number of hydrogen-bond acceptors (Lipinski definition) is 3. The fourth-order valence-electron chi connectivity index (χ4n) is 5.28. The molecule has 2 saturated heterocycles. The smallest absolute Gasteiger partial charge is 0.223 e. The van der Waals surface area contributed by atoms with Gasteiger partial charge in [-0.1, -0.05) is 57.0 Å². The van der Waals surface area contributed by atoms with Crippen molar-refractivity contribution in [3.8, 4) is 0 Å². The Labute approximate surface area is 194 Å². The van der Waals surface area contributed by atoms with Crippen LogP contribution in [0.3, 0.4) is 0 Å². The summed E-state index contributed by atoms with van der Waals surface area (Å²) in [5.74, 6) is 2.18. The van der Waals surface area contributed by atoms with E-state index in [9.17, 15) is 4.79 Å². The van der Waals surface area contributed by atoms with Crippen LogP contribution in [0.25, 0.3) is 0 Å². The molecule has 0 spiro atoms. The summed E-state index contributed by atoms with van der Waals surface area (Å²) in [6.45, 7) is 10.4. The van der Waals surface area contributed by atoms with Gasteiger partial charge in [-0.15, -0.1) is 0 Å². The molecule has 0 saturated carbocycles. The fraction of sp³-hybridized carbons (Fsp3) is 0.692. The lowest BCUT2D eigenvalue weighted by Crippen LogP contribution is -2.50. The summed E-state index contributed by atoms with van der Waals surface area (Å²) in [6, 6.07) is 11.0. The zero-order valence-corrected chi connectivity index (χ0v) is 20.4. The predicted molar refractivity (Wildman–Crippen MR) is 133 cm³/mol. The molecule has 0 aliphatic carbocycles. The lowest BCUT2D eigenvalue weighted by molar-refractivity contribution is -0.127. The Balaban J connectivity index is 1.43. The van der Waals surface area contributed by atoms with E-state index in [2.05, 4.69) is 58.6 Å². The second kappa shape index (κ2) is 12.8. The second-order valence-electron chi connectivity index (χ2n) is 9.37. The summed E-state index contributed by atoms with van der Waals surface area (Å²) >= 11 is 0. The van der Waals surface area contributed by atoms with Crippen LogP contribution in [-0.4, -0.2) is 74.0 Å². The molecule has 1 amide bonds. The van der Waals surface area contributed by atoms with E-state index in [0.717, 1.165) is 38.6 Å². The second-order valence-corrected chi connectivity index (χ2v) is 9.37. The van der Waals surface area contributed by atoms with Crippen LogP contribution in [0.4, 0.5) is 0 Å². The molecule has 6 nitrogen and oxygen atoms in total. The molecule has 0 radical (unpaired) electrons. The van der Waals surface area contributed by atoms with Crippen LogP contribution in [0.1, 0.15) is 51.5 Å². The Morgan fingerprint density at radius 3 is 2.50 bits per heavy atom. The van der Waals surface area contributed by atoms with Gasteiger partial charge in [0.1, 0.15) is 0 Å². The van der Waals surface area contributed by atoms with Crippen LogP contribution in [0.2, 0.25) is 0 Å². The number of rotatable bonds is 11. The van der Waals surface area contributed by atoms with Gasteiger partial charge in [-0.2, -0.15) is 0 Å². The van der Waals surface area contributed by atoms with Gasteiger partial charge in [-0.25, -0.2) is 0 Å². The summed E-state index contributed by atoms with van der Waals surface area (Å²) in [5.41, 5.74) is 1.29. The Morgan fingerprint density at radius 2 is 1.84 bits per heavy atom. The van der Waals surface area contributed by atoms with E-state index in [1.54, 1.807) is 0 Å². The number of carbonyl (C=O) groups excluding carboxylic acids is 1. The molecule has 32 heavy (non-hydrogen) atoms. The molecule has 178 valence electrons. The minimum atomic E-state index is 0.276. The summed E-state index contributed by atoms with van der Waals surface area (Å²) < 4.78 is 0. The fourth-order valence-corrected chi connectivity index (χ4v) is 5.28. The monoisotopic (exact) mass is 441 g/mol. The summed E-state index contributed by atoms with van der Waals surface area (Å²) in [7, 11) is 1.84. The van der Waals surface area contributed by atoms with Gasteiger partial charge in [-0.05, 0) is 43.8 Å². The third-order valence-electron chi connectivity index (χ3n) is 7.27. The Kier molecular flexibility index (Phi) is 9.85. The van der Waals surface area contributed by atoms with Crippen LogP contribution in [0.5, 0.6) is 0 Å². The highest BCUT2D eigenvalue weighted by Crippen LogP contribution is 2.22. The van der Waals surface area contributed by atoms with E-state index in [4.69, 9.17) is 0 Å². The molecular formula is C26H43N5O. The number of guanidine groups is 1. The highest BCUT2D eigenvalue weighted by atomic mass is 16.2. The van der Waals surface area contributed by atoms with Gasteiger partial charge in [0, 0.05) is 51.6 Å². The largest absolute Gasteiger partial charge is 0.356 e. The lowest BCUT2D eigenvalue weighted by Gasteiger charge is -2.34. The zero-order chi connectivity index (χ0) is 22.8. The number of benzene rings is 1. The first-order valence-electron chi connectivity index (χ1n) is 12.6. The van der Waals surface area contributed by atoms with Gasteiger partial charge in [-0.3, -0.25) is 14.7 Å². The van der Waals surface area contributed by atoms with Crippen LogP contribution >= 0.6 is 0 Å². The molecule has 2 fully saturated rings. The van der Waals surface area contributed by atoms with Crippen molar-refractivity contribution in [1.82, 2.24) is 20.4 Å². The first-order chi connectivity index (χ1) is 15.6. The normalized spacial score (nSPS) is 20.9. The van der Waals surface area contributed by atoms with E-state index in [1.165, 1.54) is 44.3 Å². The van der Waals surface area contributed by atoms with Crippen molar-refractivity contribution in [2.24, 2.45) is 16.8 Å². The van der Waals surface area contributed by atoms with Crippen molar-refractivity contribution in [3.63, 3.8) is 0 Å². The molecular weight excluding hydrogens is 398 g/mol. The van der Waals surface area contributed by atoms with Crippen LogP contribution < -0.4 is 10.6 Å². The molecule has 2 heterocycles. The molecule has 1 aromatic rings. The first-order valence-corrected chi connectivity index (χ1v) is 12.6. The molecule has 0 bridgehead atoms. The number of amides is 1. The van der Waals surface area contributed by atoms with E-state index in [0.29, 0.717) is 24.3 Å². The predicted octanol–water partition coefficient (Wildman–Crippen LogP) is 3.14. The Hall–Kier alpha value is -2.08. The first kappa shape index (κ1) is 24.6. The minimum Gasteiger partial charge on any atom is -0.356 e. The molecule has 0 aromatic heterocycles. The summed E-state index contributed by atoms with van der Waals surface area (Å²) in [6.07, 6.45) is 6.62. The molecule has 2 aliphatic rings. The molecule has 1 aromatic carbocycles. The zero-order valence-electron chi connectivity index (χ0n) is 20.4. The third kappa shape index (κ3) is 6.96. The van der Waals surface area contributed by atoms with E-state index in [-0.39, 0.29) is 5.91 Å². The molecule has 2 aliphatic heterocycles. The standard InChI is InChI=1S/C26H43N5O/c1-4-23(5-2)24(30-14-9-10-15-30)19-29-26(27-3)28-18-22-17-25(32)31(20-22)16-13-21-11-7-6-8-12-21/h6-8,11-12,22-24H,4-5,9-10,13-20H2,1-3H3,(H2,27,28,29). The third-order valence-corrected chi connectivity index (χ3v) is 7.27.